The van der Waals surface area contributed by atoms with Gasteiger partial charge in [-0.3, -0.25) is 4.98 Å². The molecule has 0 spiro atoms. The lowest BCUT2D eigenvalue weighted by atomic mass is 10.3. The average Bonchev–Trinajstić information content (AvgIpc) is 2.53. The summed E-state index contributed by atoms with van der Waals surface area (Å²) in [6.07, 6.45) is 1.13. The summed E-state index contributed by atoms with van der Waals surface area (Å²) in [5.74, 6) is -0.376. The van der Waals surface area contributed by atoms with Crippen LogP contribution in [0.3, 0.4) is 0 Å². The van der Waals surface area contributed by atoms with Gasteiger partial charge in [0, 0.05) is 0 Å². The second-order valence-electron chi connectivity index (χ2n) is 2.23. The standard InChI is InChI=1S/C7H3ClFN3S/c8-7-11-6(13-12-7)5-2-1-4(9)3-10-5/h1-3H. The molecule has 0 saturated heterocycles. The van der Waals surface area contributed by atoms with Crippen molar-refractivity contribution in [3.8, 4) is 10.7 Å². The largest absolute Gasteiger partial charge is 0.251 e. The van der Waals surface area contributed by atoms with Crippen molar-refractivity contribution in [2.24, 2.45) is 0 Å². The number of hydrogen-bond acceptors (Lipinski definition) is 4. The van der Waals surface area contributed by atoms with Crippen LogP contribution < -0.4 is 0 Å². The summed E-state index contributed by atoms with van der Waals surface area (Å²) in [6, 6.07) is 2.85. The van der Waals surface area contributed by atoms with Gasteiger partial charge in [-0.15, -0.1) is 0 Å². The van der Waals surface area contributed by atoms with E-state index < -0.39 is 0 Å². The van der Waals surface area contributed by atoms with Gasteiger partial charge in [-0.1, -0.05) is 0 Å². The van der Waals surface area contributed by atoms with E-state index in [1.165, 1.54) is 12.1 Å². The summed E-state index contributed by atoms with van der Waals surface area (Å²) < 4.78 is 16.3. The highest BCUT2D eigenvalue weighted by molar-refractivity contribution is 7.09. The van der Waals surface area contributed by atoms with Crippen LogP contribution in [0.25, 0.3) is 10.7 Å². The van der Waals surface area contributed by atoms with Crippen molar-refractivity contribution >= 4 is 23.1 Å². The Balaban J connectivity index is 2.41. The van der Waals surface area contributed by atoms with Crippen LogP contribution in [-0.2, 0) is 0 Å². The van der Waals surface area contributed by atoms with Crippen LogP contribution in [0.4, 0.5) is 4.39 Å². The van der Waals surface area contributed by atoms with Crippen molar-refractivity contribution in [3.63, 3.8) is 0 Å². The molecule has 0 aliphatic heterocycles. The van der Waals surface area contributed by atoms with Gasteiger partial charge in [0.25, 0.3) is 0 Å². The van der Waals surface area contributed by atoms with Gasteiger partial charge < -0.3 is 0 Å². The average molecular weight is 216 g/mol. The van der Waals surface area contributed by atoms with Crippen LogP contribution in [0.1, 0.15) is 0 Å². The van der Waals surface area contributed by atoms with Gasteiger partial charge in [0.2, 0.25) is 5.28 Å². The van der Waals surface area contributed by atoms with E-state index in [-0.39, 0.29) is 11.1 Å². The Morgan fingerprint density at radius 1 is 1.38 bits per heavy atom. The third kappa shape index (κ3) is 1.81. The van der Waals surface area contributed by atoms with E-state index >= 15 is 0 Å². The minimum absolute atomic E-state index is 0.186. The third-order valence-electron chi connectivity index (χ3n) is 1.35. The molecule has 0 fully saturated rings. The Morgan fingerprint density at radius 2 is 2.23 bits per heavy atom. The lowest BCUT2D eigenvalue weighted by Gasteiger charge is -1.91. The maximum Gasteiger partial charge on any atom is 0.234 e. The molecule has 0 radical (unpaired) electrons. The van der Waals surface area contributed by atoms with Crippen molar-refractivity contribution in [2.45, 2.75) is 0 Å². The summed E-state index contributed by atoms with van der Waals surface area (Å²) in [5, 5.41) is 0.774. The second kappa shape index (κ2) is 3.35. The Morgan fingerprint density at radius 3 is 2.77 bits per heavy atom. The van der Waals surface area contributed by atoms with E-state index in [9.17, 15) is 4.39 Å². The molecule has 0 unspecified atom stereocenters. The number of hydrogen-bond donors (Lipinski definition) is 0. The molecule has 0 aromatic carbocycles. The Bertz CT molecular complexity index is 414. The predicted molar refractivity (Wildman–Crippen MR) is 48.1 cm³/mol. The highest BCUT2D eigenvalue weighted by Crippen LogP contribution is 2.20. The summed E-state index contributed by atoms with van der Waals surface area (Å²) >= 11 is 6.66. The molecular formula is C7H3ClFN3S. The smallest absolute Gasteiger partial charge is 0.234 e. The molecule has 0 saturated carbocycles. The number of nitrogens with zero attached hydrogens (tertiary/aromatic N) is 3. The Hall–Kier alpha value is -1.07. The maximum absolute atomic E-state index is 12.5. The molecule has 2 rings (SSSR count). The molecule has 2 aromatic heterocycles. The third-order valence-corrected chi connectivity index (χ3v) is 2.35. The van der Waals surface area contributed by atoms with Crippen molar-refractivity contribution in [1.82, 2.24) is 14.3 Å². The highest BCUT2D eigenvalue weighted by Gasteiger charge is 2.05. The normalized spacial score (nSPS) is 10.3. The van der Waals surface area contributed by atoms with Crippen LogP contribution in [0, 0.1) is 5.82 Å². The summed E-state index contributed by atoms with van der Waals surface area (Å²) in [6.45, 7) is 0. The van der Waals surface area contributed by atoms with Gasteiger partial charge in [-0.25, -0.2) is 9.37 Å². The van der Waals surface area contributed by atoms with Gasteiger partial charge in [0.1, 0.15) is 11.5 Å². The fraction of sp³-hybridized carbons (Fsp3) is 0. The molecule has 0 amide bonds. The molecule has 0 atom stereocenters. The number of pyridine rings is 1. The quantitative estimate of drug-likeness (QED) is 0.733. The first-order valence-corrected chi connectivity index (χ1v) is 4.52. The number of rotatable bonds is 1. The lowest BCUT2D eigenvalue weighted by Crippen LogP contribution is -1.82. The predicted octanol–water partition coefficient (Wildman–Crippen LogP) is 2.39. The van der Waals surface area contributed by atoms with Crippen molar-refractivity contribution in [1.29, 1.82) is 0 Å². The highest BCUT2D eigenvalue weighted by atomic mass is 35.5. The molecule has 2 heterocycles. The second-order valence-corrected chi connectivity index (χ2v) is 3.32. The van der Waals surface area contributed by atoms with E-state index in [2.05, 4.69) is 14.3 Å². The first-order valence-electron chi connectivity index (χ1n) is 3.37. The molecule has 0 aliphatic carbocycles. The topological polar surface area (TPSA) is 38.7 Å². The van der Waals surface area contributed by atoms with E-state index in [4.69, 9.17) is 11.6 Å². The minimum Gasteiger partial charge on any atom is -0.251 e. The fourth-order valence-corrected chi connectivity index (χ4v) is 1.59. The molecule has 0 aliphatic rings. The van der Waals surface area contributed by atoms with Gasteiger partial charge >= 0.3 is 0 Å². The minimum atomic E-state index is -0.376. The zero-order valence-electron chi connectivity index (χ0n) is 6.24. The van der Waals surface area contributed by atoms with Crippen LogP contribution in [0.5, 0.6) is 0 Å². The van der Waals surface area contributed by atoms with Crippen molar-refractivity contribution in [3.05, 3.63) is 29.4 Å². The van der Waals surface area contributed by atoms with Crippen LogP contribution >= 0.6 is 23.1 Å². The number of aromatic nitrogens is 3. The summed E-state index contributed by atoms with van der Waals surface area (Å²) in [7, 11) is 0. The van der Waals surface area contributed by atoms with Gasteiger partial charge in [-0.2, -0.15) is 4.37 Å². The van der Waals surface area contributed by atoms with Crippen LogP contribution in [0.2, 0.25) is 5.28 Å². The molecule has 6 heteroatoms. The van der Waals surface area contributed by atoms with E-state index in [0.29, 0.717) is 10.7 Å². The molecule has 3 nitrogen and oxygen atoms in total. The van der Waals surface area contributed by atoms with E-state index in [0.717, 1.165) is 17.7 Å². The zero-order chi connectivity index (χ0) is 9.26. The first-order chi connectivity index (χ1) is 6.25. The van der Waals surface area contributed by atoms with Crippen LogP contribution in [-0.4, -0.2) is 14.3 Å². The Labute approximate surface area is 82.4 Å². The van der Waals surface area contributed by atoms with Crippen molar-refractivity contribution in [2.75, 3.05) is 0 Å². The van der Waals surface area contributed by atoms with E-state index in [1.54, 1.807) is 0 Å². The van der Waals surface area contributed by atoms with Gasteiger partial charge in [-0.05, 0) is 35.3 Å². The molecule has 66 valence electrons. The van der Waals surface area contributed by atoms with E-state index in [1.807, 2.05) is 0 Å². The van der Waals surface area contributed by atoms with Gasteiger partial charge in [0.15, 0.2) is 5.01 Å². The number of halogens is 2. The summed E-state index contributed by atoms with van der Waals surface area (Å²) in [5.41, 5.74) is 0.575. The zero-order valence-corrected chi connectivity index (χ0v) is 7.81. The molecule has 13 heavy (non-hydrogen) atoms. The Kier molecular flexibility index (Phi) is 2.20. The fourth-order valence-electron chi connectivity index (χ4n) is 0.812. The SMILES string of the molecule is Fc1ccc(-c2nc(Cl)ns2)nc1. The molecule has 2 aromatic rings. The molecular weight excluding hydrogens is 213 g/mol. The summed E-state index contributed by atoms with van der Waals surface area (Å²) in [4.78, 5) is 7.73. The van der Waals surface area contributed by atoms with Crippen molar-refractivity contribution < 1.29 is 4.39 Å². The van der Waals surface area contributed by atoms with Gasteiger partial charge in [0.05, 0.1) is 6.20 Å². The monoisotopic (exact) mass is 215 g/mol. The maximum atomic E-state index is 12.5. The molecule has 0 N–H and O–H groups in total. The van der Waals surface area contributed by atoms with Crippen LogP contribution in [0.15, 0.2) is 18.3 Å². The molecule has 0 bridgehead atoms. The lowest BCUT2D eigenvalue weighted by molar-refractivity contribution is 0.622. The first kappa shape index (κ1) is 8.52.